The van der Waals surface area contributed by atoms with Gasteiger partial charge in [0.15, 0.2) is 6.10 Å². The lowest BCUT2D eigenvalue weighted by molar-refractivity contribution is -0.149. The molecule has 0 fully saturated rings. The van der Waals surface area contributed by atoms with Crippen molar-refractivity contribution in [3.05, 3.63) is 35.4 Å². The van der Waals surface area contributed by atoms with E-state index in [2.05, 4.69) is 0 Å². The molecular weight excluding hydrogens is 206 g/mol. The van der Waals surface area contributed by atoms with Crippen LogP contribution in [-0.4, -0.2) is 17.2 Å². The first-order valence-electron chi connectivity index (χ1n) is 4.29. The van der Waals surface area contributed by atoms with Gasteiger partial charge in [0.2, 0.25) is 0 Å². The second kappa shape index (κ2) is 4.84. The maximum atomic E-state index is 13.0. The number of rotatable bonds is 4. The highest BCUT2D eigenvalue weighted by atomic mass is 19.1. The number of carbonyl (C=O) groups is 1. The number of carboxylic acid groups (broad SMARTS) is 1. The van der Waals surface area contributed by atoms with Gasteiger partial charge in [-0.15, -0.1) is 0 Å². The molecule has 1 rings (SSSR count). The molecule has 1 aromatic carbocycles. The summed E-state index contributed by atoms with van der Waals surface area (Å²) in [6, 6.07) is 3.04. The smallest absolute Gasteiger partial charge is 0.332 e. The number of carboxylic acids is 1. The van der Waals surface area contributed by atoms with E-state index in [0.29, 0.717) is 0 Å². The Kier molecular flexibility index (Phi) is 3.74. The zero-order chi connectivity index (χ0) is 11.4. The van der Waals surface area contributed by atoms with E-state index in [-0.39, 0.29) is 12.2 Å². The third-order valence-corrected chi connectivity index (χ3v) is 1.85. The van der Waals surface area contributed by atoms with Crippen molar-refractivity contribution >= 4 is 5.97 Å². The van der Waals surface area contributed by atoms with Gasteiger partial charge >= 0.3 is 5.97 Å². The minimum atomic E-state index is -1.13. The van der Waals surface area contributed by atoms with Gasteiger partial charge in [-0.2, -0.15) is 0 Å². The van der Waals surface area contributed by atoms with Crippen molar-refractivity contribution in [1.29, 1.82) is 0 Å². The van der Waals surface area contributed by atoms with Crippen molar-refractivity contribution in [3.8, 4) is 0 Å². The van der Waals surface area contributed by atoms with Crippen LogP contribution in [0, 0.1) is 11.6 Å². The molecule has 1 aromatic rings. The average Bonchev–Trinajstić information content (AvgIpc) is 2.15. The highest BCUT2D eigenvalue weighted by molar-refractivity contribution is 5.71. The number of hydrogen-bond donors (Lipinski definition) is 1. The molecule has 82 valence electrons. The first kappa shape index (κ1) is 11.6. The van der Waals surface area contributed by atoms with Gasteiger partial charge in [0.1, 0.15) is 11.6 Å². The molecule has 0 spiro atoms. The molecule has 15 heavy (non-hydrogen) atoms. The fraction of sp³-hybridized carbons (Fsp3) is 0.300. The molecule has 3 nitrogen and oxygen atoms in total. The summed E-state index contributed by atoms with van der Waals surface area (Å²) in [4.78, 5) is 10.4. The Bertz CT molecular complexity index is 366. The lowest BCUT2D eigenvalue weighted by atomic mass is 10.2. The molecule has 1 N–H and O–H groups in total. The van der Waals surface area contributed by atoms with E-state index in [4.69, 9.17) is 9.84 Å². The Morgan fingerprint density at radius 3 is 2.73 bits per heavy atom. The Labute approximate surface area is 85.3 Å². The van der Waals surface area contributed by atoms with Gasteiger partial charge in [0, 0.05) is 11.6 Å². The number of halogens is 2. The largest absolute Gasteiger partial charge is 0.479 e. The normalized spacial score (nSPS) is 12.5. The molecule has 0 radical (unpaired) electrons. The molecule has 0 unspecified atom stereocenters. The summed E-state index contributed by atoms with van der Waals surface area (Å²) in [6.07, 6.45) is -1.02. The van der Waals surface area contributed by atoms with Crippen LogP contribution in [0.25, 0.3) is 0 Å². The molecule has 0 bridgehead atoms. The second-order valence-corrected chi connectivity index (χ2v) is 3.03. The topological polar surface area (TPSA) is 46.5 Å². The Morgan fingerprint density at radius 1 is 1.53 bits per heavy atom. The molecule has 0 heterocycles. The van der Waals surface area contributed by atoms with Crippen molar-refractivity contribution in [3.63, 3.8) is 0 Å². The van der Waals surface area contributed by atoms with E-state index in [1.165, 1.54) is 13.0 Å². The second-order valence-electron chi connectivity index (χ2n) is 3.03. The van der Waals surface area contributed by atoms with Crippen molar-refractivity contribution < 1.29 is 23.4 Å². The van der Waals surface area contributed by atoms with Crippen LogP contribution in [0.5, 0.6) is 0 Å². The summed E-state index contributed by atoms with van der Waals surface area (Å²) in [5.74, 6) is -2.55. The first-order chi connectivity index (χ1) is 7.00. The van der Waals surface area contributed by atoms with Crippen LogP contribution in [-0.2, 0) is 16.1 Å². The van der Waals surface area contributed by atoms with E-state index in [1.807, 2.05) is 0 Å². The van der Waals surface area contributed by atoms with Crippen LogP contribution in [0.15, 0.2) is 18.2 Å². The number of ether oxygens (including phenoxy) is 1. The minimum absolute atomic E-state index is 0.129. The van der Waals surface area contributed by atoms with Gasteiger partial charge in [-0.1, -0.05) is 6.07 Å². The van der Waals surface area contributed by atoms with Crippen molar-refractivity contribution in [1.82, 2.24) is 0 Å². The predicted octanol–water partition coefficient (Wildman–Crippen LogP) is 1.95. The van der Waals surface area contributed by atoms with Crippen molar-refractivity contribution in [2.75, 3.05) is 0 Å². The van der Waals surface area contributed by atoms with Crippen LogP contribution >= 0.6 is 0 Å². The van der Waals surface area contributed by atoms with Crippen LogP contribution in [0.1, 0.15) is 12.5 Å². The van der Waals surface area contributed by atoms with Gasteiger partial charge < -0.3 is 9.84 Å². The number of benzene rings is 1. The molecule has 0 saturated heterocycles. The van der Waals surface area contributed by atoms with Gasteiger partial charge in [-0.25, -0.2) is 13.6 Å². The fourth-order valence-electron chi connectivity index (χ4n) is 0.925. The molecule has 0 aromatic heterocycles. The molecule has 1 atom stereocenters. The quantitative estimate of drug-likeness (QED) is 0.836. The maximum absolute atomic E-state index is 13.0. The van der Waals surface area contributed by atoms with Crippen LogP contribution < -0.4 is 0 Å². The summed E-state index contributed by atoms with van der Waals surface area (Å²) in [5, 5.41) is 8.49. The summed E-state index contributed by atoms with van der Waals surface area (Å²) in [6.45, 7) is 1.14. The molecule has 0 amide bonds. The average molecular weight is 216 g/mol. The molecule has 0 aliphatic rings. The maximum Gasteiger partial charge on any atom is 0.332 e. The van der Waals surface area contributed by atoms with Gasteiger partial charge in [0.25, 0.3) is 0 Å². The molecule has 5 heteroatoms. The van der Waals surface area contributed by atoms with Gasteiger partial charge in [-0.05, 0) is 13.0 Å². The van der Waals surface area contributed by atoms with Gasteiger partial charge in [-0.3, -0.25) is 0 Å². The first-order valence-corrected chi connectivity index (χ1v) is 4.29. The van der Waals surface area contributed by atoms with Crippen LogP contribution in [0.3, 0.4) is 0 Å². The van der Waals surface area contributed by atoms with Gasteiger partial charge in [0.05, 0.1) is 6.61 Å². The van der Waals surface area contributed by atoms with E-state index < -0.39 is 23.7 Å². The SMILES string of the molecule is C[C@H](OCc1ccc(F)cc1F)C(=O)O. The zero-order valence-corrected chi connectivity index (χ0v) is 8.04. The van der Waals surface area contributed by atoms with E-state index in [9.17, 15) is 13.6 Å². The summed E-state index contributed by atoms with van der Waals surface area (Å²) >= 11 is 0. The molecule has 0 saturated carbocycles. The van der Waals surface area contributed by atoms with E-state index >= 15 is 0 Å². The zero-order valence-electron chi connectivity index (χ0n) is 8.04. The minimum Gasteiger partial charge on any atom is -0.479 e. The number of hydrogen-bond acceptors (Lipinski definition) is 2. The van der Waals surface area contributed by atoms with Crippen LogP contribution in [0.2, 0.25) is 0 Å². The summed E-state index contributed by atoms with van der Waals surface area (Å²) in [5.41, 5.74) is 0.129. The summed E-state index contributed by atoms with van der Waals surface area (Å²) in [7, 11) is 0. The van der Waals surface area contributed by atoms with Crippen molar-refractivity contribution in [2.24, 2.45) is 0 Å². The standard InChI is InChI=1S/C10H10F2O3/c1-6(10(13)14)15-5-7-2-3-8(11)4-9(7)12/h2-4,6H,5H2,1H3,(H,13,14)/t6-/m0/s1. The van der Waals surface area contributed by atoms with E-state index in [1.54, 1.807) is 0 Å². The Hall–Kier alpha value is -1.49. The highest BCUT2D eigenvalue weighted by Gasteiger charge is 2.12. The van der Waals surface area contributed by atoms with E-state index in [0.717, 1.165) is 12.1 Å². The molecule has 0 aliphatic carbocycles. The lowest BCUT2D eigenvalue weighted by Crippen LogP contribution is -2.19. The fourth-order valence-corrected chi connectivity index (χ4v) is 0.925. The molecular formula is C10H10F2O3. The predicted molar refractivity (Wildman–Crippen MR) is 48.2 cm³/mol. The van der Waals surface area contributed by atoms with Crippen LogP contribution in [0.4, 0.5) is 8.78 Å². The van der Waals surface area contributed by atoms with Crippen molar-refractivity contribution in [2.45, 2.75) is 19.6 Å². The highest BCUT2D eigenvalue weighted by Crippen LogP contribution is 2.11. The monoisotopic (exact) mass is 216 g/mol. The third-order valence-electron chi connectivity index (χ3n) is 1.85. The Morgan fingerprint density at radius 2 is 2.20 bits per heavy atom. The Balaban J connectivity index is 2.62. The molecule has 0 aliphatic heterocycles. The third kappa shape index (κ3) is 3.28. The lowest BCUT2D eigenvalue weighted by Gasteiger charge is -2.08. The summed E-state index contributed by atoms with van der Waals surface area (Å²) < 4.78 is 30.4. The number of aliphatic carboxylic acids is 1.